The fourth-order valence-corrected chi connectivity index (χ4v) is 3.37. The number of halogens is 3. The van der Waals surface area contributed by atoms with E-state index in [0.29, 0.717) is 17.5 Å². The summed E-state index contributed by atoms with van der Waals surface area (Å²) in [5.74, 6) is -0.747. The molecular formula is C21H22F3NO4S. The molecule has 162 valence electrons. The molecule has 0 saturated heterocycles. The van der Waals surface area contributed by atoms with Crippen molar-refractivity contribution < 1.29 is 32.3 Å². The van der Waals surface area contributed by atoms with Crippen molar-refractivity contribution in [1.82, 2.24) is 5.06 Å². The van der Waals surface area contributed by atoms with Crippen LogP contribution in [-0.2, 0) is 33.5 Å². The van der Waals surface area contributed by atoms with Crippen molar-refractivity contribution >= 4 is 23.6 Å². The minimum Gasteiger partial charge on any atom is -0.468 e. The molecule has 2 rings (SSSR count). The maximum absolute atomic E-state index is 12.7. The van der Waals surface area contributed by atoms with E-state index in [1.165, 1.54) is 38.1 Å². The Morgan fingerprint density at radius 1 is 1.00 bits per heavy atom. The number of ether oxygens (including phenoxy) is 1. The number of hydroxylamine groups is 2. The van der Waals surface area contributed by atoms with Gasteiger partial charge in [-0.25, -0.2) is 5.06 Å². The Labute approximate surface area is 177 Å². The van der Waals surface area contributed by atoms with Gasteiger partial charge in [0.25, 0.3) is 5.91 Å². The van der Waals surface area contributed by atoms with E-state index in [4.69, 9.17) is 9.57 Å². The number of esters is 1. The number of rotatable bonds is 8. The van der Waals surface area contributed by atoms with Gasteiger partial charge in [0, 0.05) is 5.56 Å². The van der Waals surface area contributed by atoms with E-state index in [-0.39, 0.29) is 17.8 Å². The van der Waals surface area contributed by atoms with Gasteiger partial charge in [-0.3, -0.25) is 14.4 Å². The molecule has 0 saturated carbocycles. The summed E-state index contributed by atoms with van der Waals surface area (Å²) in [5, 5.41) is 0.725. The first kappa shape index (κ1) is 23.8. The number of methoxy groups -OCH3 is 1. The summed E-state index contributed by atoms with van der Waals surface area (Å²) >= 11 is 1.38. The third-order valence-electron chi connectivity index (χ3n) is 4.42. The van der Waals surface area contributed by atoms with Crippen molar-refractivity contribution in [2.45, 2.75) is 24.4 Å². The molecule has 0 heterocycles. The zero-order chi connectivity index (χ0) is 22.3. The fraction of sp³-hybridized carbons (Fsp3) is 0.333. The molecule has 0 aromatic heterocycles. The highest BCUT2D eigenvalue weighted by Gasteiger charge is 2.30. The first-order valence-corrected chi connectivity index (χ1v) is 10.2. The van der Waals surface area contributed by atoms with Crippen LogP contribution in [-0.4, -0.2) is 42.7 Å². The van der Waals surface area contributed by atoms with Gasteiger partial charge in [0.1, 0.15) is 5.25 Å². The highest BCUT2D eigenvalue weighted by atomic mass is 32.2. The molecule has 0 spiro atoms. The van der Waals surface area contributed by atoms with Crippen LogP contribution in [0.4, 0.5) is 13.2 Å². The van der Waals surface area contributed by atoms with Gasteiger partial charge in [-0.15, -0.1) is 11.8 Å². The molecule has 1 unspecified atom stereocenters. The van der Waals surface area contributed by atoms with Gasteiger partial charge in [-0.1, -0.05) is 24.3 Å². The lowest BCUT2D eigenvalue weighted by Gasteiger charge is -2.20. The van der Waals surface area contributed by atoms with Gasteiger partial charge >= 0.3 is 12.1 Å². The van der Waals surface area contributed by atoms with E-state index in [9.17, 15) is 22.8 Å². The molecule has 0 aliphatic heterocycles. The van der Waals surface area contributed by atoms with Crippen LogP contribution < -0.4 is 0 Å². The Hall–Kier alpha value is -2.52. The molecule has 0 N–H and O–H groups in total. The summed E-state index contributed by atoms with van der Waals surface area (Å²) in [6.45, 7) is -0.00783. The zero-order valence-corrected chi connectivity index (χ0v) is 17.5. The lowest BCUT2D eigenvalue weighted by atomic mass is 10.1. The molecule has 5 nitrogen and oxygen atoms in total. The van der Waals surface area contributed by atoms with E-state index in [1.54, 1.807) is 24.3 Å². The summed E-state index contributed by atoms with van der Waals surface area (Å²) in [7, 11) is 2.65. The minimum atomic E-state index is -4.42. The van der Waals surface area contributed by atoms with Gasteiger partial charge in [-0.05, 0) is 48.1 Å². The van der Waals surface area contributed by atoms with Crippen LogP contribution in [0.3, 0.4) is 0 Å². The predicted molar refractivity (Wildman–Crippen MR) is 108 cm³/mol. The van der Waals surface area contributed by atoms with Crippen molar-refractivity contribution in [3.63, 3.8) is 0 Å². The summed E-state index contributed by atoms with van der Waals surface area (Å²) in [5.41, 5.74) is 0.956. The highest BCUT2D eigenvalue weighted by molar-refractivity contribution is 7.99. The number of amides is 1. The molecule has 0 fully saturated rings. The molecule has 0 radical (unpaired) electrons. The second-order valence-electron chi connectivity index (χ2n) is 6.37. The Bertz CT molecular complexity index is 854. The van der Waals surface area contributed by atoms with E-state index in [0.717, 1.165) is 22.8 Å². The molecule has 1 amide bonds. The third-order valence-corrected chi connectivity index (χ3v) is 5.35. The van der Waals surface area contributed by atoms with Crippen molar-refractivity contribution in [3.8, 4) is 0 Å². The van der Waals surface area contributed by atoms with Crippen molar-refractivity contribution in [3.05, 3.63) is 70.8 Å². The smallest absolute Gasteiger partial charge is 0.416 e. The number of carbonyl (C=O) groups excluding carboxylic acids is 2. The first-order chi connectivity index (χ1) is 14.2. The molecular weight excluding hydrogens is 419 g/mol. The average Bonchev–Trinajstić information content (AvgIpc) is 2.75. The maximum Gasteiger partial charge on any atom is 0.416 e. The van der Waals surface area contributed by atoms with Crippen molar-refractivity contribution in [1.29, 1.82) is 0 Å². The quantitative estimate of drug-likeness (QED) is 0.450. The standard InChI is InChI=1S/C21H22F3NO4S/c1-28-20(27)18(30-3)12-14-4-8-16(9-5-14)19(26)25(29-2)13-15-6-10-17(11-7-15)21(22,23)24/h4-11,18H,12-13H2,1-3H3. The van der Waals surface area contributed by atoms with E-state index < -0.39 is 17.6 Å². The summed E-state index contributed by atoms with van der Waals surface area (Å²) in [4.78, 5) is 29.5. The number of alkyl halides is 3. The SMILES string of the molecule is COC(=O)C(Cc1ccc(C(=O)N(Cc2ccc(C(F)(F)F)cc2)OC)cc1)SC. The third kappa shape index (κ3) is 6.24. The number of hydrogen-bond donors (Lipinski definition) is 0. The van der Waals surface area contributed by atoms with Gasteiger partial charge in [0.05, 0.1) is 26.3 Å². The van der Waals surface area contributed by atoms with Gasteiger partial charge < -0.3 is 4.74 Å². The largest absolute Gasteiger partial charge is 0.468 e. The lowest BCUT2D eigenvalue weighted by molar-refractivity contribution is -0.140. The van der Waals surface area contributed by atoms with Crippen LogP contribution in [0.5, 0.6) is 0 Å². The maximum atomic E-state index is 12.7. The van der Waals surface area contributed by atoms with Crippen LogP contribution in [0, 0.1) is 0 Å². The molecule has 0 bridgehead atoms. The molecule has 1 atom stereocenters. The molecule has 0 aliphatic rings. The van der Waals surface area contributed by atoms with Crippen LogP contribution in [0.15, 0.2) is 48.5 Å². The number of nitrogens with zero attached hydrogens (tertiary/aromatic N) is 1. The first-order valence-electron chi connectivity index (χ1n) is 8.91. The van der Waals surface area contributed by atoms with Crippen LogP contribution in [0.1, 0.15) is 27.0 Å². The Kier molecular flexibility index (Phi) is 8.31. The molecule has 30 heavy (non-hydrogen) atoms. The predicted octanol–water partition coefficient (Wildman–Crippen LogP) is 4.36. The molecule has 9 heteroatoms. The summed E-state index contributed by atoms with van der Waals surface area (Å²) < 4.78 is 42.8. The number of thioether (sulfide) groups is 1. The average molecular weight is 441 g/mol. The van der Waals surface area contributed by atoms with E-state index in [1.807, 2.05) is 6.26 Å². The lowest BCUT2D eigenvalue weighted by Crippen LogP contribution is -2.29. The normalized spacial score (nSPS) is 12.3. The molecule has 2 aromatic rings. The van der Waals surface area contributed by atoms with Gasteiger partial charge in [0.2, 0.25) is 0 Å². The Morgan fingerprint density at radius 3 is 2.03 bits per heavy atom. The Morgan fingerprint density at radius 2 is 1.57 bits per heavy atom. The van der Waals surface area contributed by atoms with Crippen LogP contribution in [0.2, 0.25) is 0 Å². The second kappa shape index (κ2) is 10.5. The van der Waals surface area contributed by atoms with Gasteiger partial charge in [0.15, 0.2) is 0 Å². The van der Waals surface area contributed by atoms with Crippen LogP contribution >= 0.6 is 11.8 Å². The second-order valence-corrected chi connectivity index (χ2v) is 7.41. The number of benzene rings is 2. The number of carbonyl (C=O) groups is 2. The van der Waals surface area contributed by atoms with E-state index >= 15 is 0 Å². The Balaban J connectivity index is 2.07. The van der Waals surface area contributed by atoms with Crippen molar-refractivity contribution in [2.24, 2.45) is 0 Å². The minimum absolute atomic E-state index is 0.00783. The van der Waals surface area contributed by atoms with Gasteiger partial charge in [-0.2, -0.15) is 13.2 Å². The molecule has 2 aromatic carbocycles. The fourth-order valence-electron chi connectivity index (χ4n) is 2.72. The summed E-state index contributed by atoms with van der Waals surface area (Å²) in [6, 6.07) is 11.3. The number of hydrogen-bond acceptors (Lipinski definition) is 5. The topological polar surface area (TPSA) is 55.8 Å². The molecule has 0 aliphatic carbocycles. The van der Waals surface area contributed by atoms with Crippen molar-refractivity contribution in [2.75, 3.05) is 20.5 Å². The monoisotopic (exact) mass is 441 g/mol. The van der Waals surface area contributed by atoms with Crippen LogP contribution in [0.25, 0.3) is 0 Å². The summed E-state index contributed by atoms with van der Waals surface area (Å²) in [6.07, 6.45) is -2.14. The van der Waals surface area contributed by atoms with E-state index in [2.05, 4.69) is 0 Å². The highest BCUT2D eigenvalue weighted by Crippen LogP contribution is 2.29. The zero-order valence-electron chi connectivity index (χ0n) is 16.7.